The van der Waals surface area contributed by atoms with Crippen molar-refractivity contribution in [3.8, 4) is 17.2 Å². The van der Waals surface area contributed by atoms with Gasteiger partial charge in [-0.1, -0.05) is 53.8 Å². The second-order valence-corrected chi connectivity index (χ2v) is 9.97. The van der Waals surface area contributed by atoms with Gasteiger partial charge in [0.2, 0.25) is 0 Å². The minimum absolute atomic E-state index is 0.0880. The van der Waals surface area contributed by atoms with Crippen molar-refractivity contribution in [1.82, 2.24) is 4.57 Å². The lowest BCUT2D eigenvalue weighted by Gasteiger charge is -2.31. The van der Waals surface area contributed by atoms with E-state index >= 15 is 0 Å². The molecule has 1 aliphatic carbocycles. The Morgan fingerprint density at radius 1 is 0.919 bits per heavy atom. The lowest BCUT2D eigenvalue weighted by atomic mass is 9.83. The van der Waals surface area contributed by atoms with Crippen LogP contribution in [0.1, 0.15) is 34.7 Å². The molecule has 1 unspecified atom stereocenters. The maximum Gasteiger partial charge on any atom is 0.271 e. The Kier molecular flexibility index (Phi) is 5.93. The van der Waals surface area contributed by atoms with Gasteiger partial charge in [-0.3, -0.25) is 9.36 Å². The van der Waals surface area contributed by atoms with E-state index in [2.05, 4.69) is 18.2 Å². The van der Waals surface area contributed by atoms with Crippen LogP contribution < -0.4 is 29.1 Å². The lowest BCUT2D eigenvalue weighted by molar-refractivity contribution is 0.402. The van der Waals surface area contributed by atoms with Crippen molar-refractivity contribution in [2.45, 2.75) is 18.9 Å². The van der Waals surface area contributed by atoms with E-state index in [0.717, 1.165) is 46.6 Å². The summed E-state index contributed by atoms with van der Waals surface area (Å²) in [6, 6.07) is 21.6. The summed E-state index contributed by atoms with van der Waals surface area (Å²) in [5.74, 6) is 2.11. The van der Waals surface area contributed by atoms with Gasteiger partial charge in [0.15, 0.2) is 4.80 Å². The third-order valence-electron chi connectivity index (χ3n) is 7.03. The van der Waals surface area contributed by atoms with Gasteiger partial charge in [-0.15, -0.1) is 0 Å². The number of aromatic nitrogens is 1. The largest absolute Gasteiger partial charge is 0.497 e. The molecule has 0 amide bonds. The van der Waals surface area contributed by atoms with Crippen LogP contribution in [-0.4, -0.2) is 25.9 Å². The molecule has 2 heterocycles. The predicted octanol–water partition coefficient (Wildman–Crippen LogP) is 4.34. The Hall–Kier alpha value is -4.10. The van der Waals surface area contributed by atoms with E-state index in [0.29, 0.717) is 20.8 Å². The van der Waals surface area contributed by atoms with Crippen molar-refractivity contribution < 1.29 is 14.2 Å². The van der Waals surface area contributed by atoms with E-state index in [1.165, 1.54) is 16.9 Å². The number of hydrogen-bond acceptors (Lipinski definition) is 6. The van der Waals surface area contributed by atoms with Gasteiger partial charge in [0, 0.05) is 16.7 Å². The van der Waals surface area contributed by atoms with Gasteiger partial charge in [0.05, 0.1) is 37.6 Å². The van der Waals surface area contributed by atoms with Gasteiger partial charge in [-0.2, -0.15) is 0 Å². The fraction of sp³-hybridized carbons (Fsp3) is 0.200. The second-order valence-electron chi connectivity index (χ2n) is 8.96. The monoisotopic (exact) mass is 510 g/mol. The first-order chi connectivity index (χ1) is 18.1. The summed E-state index contributed by atoms with van der Waals surface area (Å²) in [6.07, 6.45) is 3.59. The molecule has 186 valence electrons. The predicted molar refractivity (Wildman–Crippen MR) is 145 cm³/mol. The SMILES string of the molecule is COc1ccc(OC)c(C=c2sc3n(c2=O)C(c2ccccc2OC)C2=C(N=3)c3ccccc3CC2)c1. The number of ether oxygens (including phenoxy) is 3. The van der Waals surface area contributed by atoms with Crippen LogP contribution in [0.3, 0.4) is 0 Å². The number of allylic oxidation sites excluding steroid dienone is 1. The first-order valence-electron chi connectivity index (χ1n) is 12.1. The zero-order valence-electron chi connectivity index (χ0n) is 20.9. The summed E-state index contributed by atoms with van der Waals surface area (Å²) in [6.45, 7) is 0. The number of methoxy groups -OCH3 is 3. The van der Waals surface area contributed by atoms with Crippen LogP contribution in [0.15, 0.2) is 82.1 Å². The molecule has 1 aliphatic heterocycles. The molecule has 0 radical (unpaired) electrons. The summed E-state index contributed by atoms with van der Waals surface area (Å²) < 4.78 is 19.1. The Balaban J connectivity index is 1.64. The molecule has 0 bridgehead atoms. The van der Waals surface area contributed by atoms with Crippen LogP contribution in [-0.2, 0) is 6.42 Å². The van der Waals surface area contributed by atoms with E-state index in [-0.39, 0.29) is 11.6 Å². The lowest BCUT2D eigenvalue weighted by Crippen LogP contribution is -2.39. The maximum atomic E-state index is 14.0. The normalized spacial score (nSPS) is 16.4. The molecule has 2 aliphatic rings. The highest BCUT2D eigenvalue weighted by Crippen LogP contribution is 2.43. The van der Waals surface area contributed by atoms with Crippen LogP contribution in [0, 0.1) is 0 Å². The molecule has 0 spiro atoms. The zero-order valence-corrected chi connectivity index (χ0v) is 21.7. The Morgan fingerprint density at radius 2 is 1.70 bits per heavy atom. The number of rotatable bonds is 5. The highest BCUT2D eigenvalue weighted by Gasteiger charge is 2.34. The molecule has 6 nitrogen and oxygen atoms in total. The fourth-order valence-corrected chi connectivity index (χ4v) is 6.28. The van der Waals surface area contributed by atoms with Crippen LogP contribution in [0.4, 0.5) is 0 Å². The molecule has 7 heteroatoms. The molecule has 1 aromatic heterocycles. The van der Waals surface area contributed by atoms with Crippen molar-refractivity contribution in [2.75, 3.05) is 21.3 Å². The molecule has 1 atom stereocenters. The molecule has 0 saturated carbocycles. The van der Waals surface area contributed by atoms with Crippen LogP contribution in [0.2, 0.25) is 0 Å². The number of thiazole rings is 1. The maximum absolute atomic E-state index is 14.0. The van der Waals surface area contributed by atoms with Gasteiger partial charge >= 0.3 is 0 Å². The van der Waals surface area contributed by atoms with Crippen molar-refractivity contribution in [3.05, 3.63) is 114 Å². The fourth-order valence-electron chi connectivity index (χ4n) is 5.28. The standard InChI is InChI=1S/C30H26N2O4S/c1-34-20-13-15-24(35-2)19(16-20)17-26-29(33)32-28(22-10-6-7-11-25(22)36-3)23-14-12-18-8-4-5-9-21(18)27(23)31-30(32)37-26/h4-11,13,15-17,28H,12,14H2,1-3H3. The number of para-hydroxylation sites is 1. The third kappa shape index (κ3) is 3.86. The van der Waals surface area contributed by atoms with Crippen LogP contribution >= 0.6 is 11.3 Å². The van der Waals surface area contributed by atoms with Gasteiger partial charge in [0.25, 0.3) is 5.56 Å². The number of fused-ring (bicyclic) bond motifs is 3. The van der Waals surface area contributed by atoms with Crippen LogP contribution in [0.5, 0.6) is 17.2 Å². The molecule has 0 fully saturated rings. The summed E-state index contributed by atoms with van der Waals surface area (Å²) in [7, 11) is 4.91. The van der Waals surface area contributed by atoms with Gasteiger partial charge in [-0.05, 0) is 54.3 Å². The third-order valence-corrected chi connectivity index (χ3v) is 8.01. The molecule has 3 aromatic carbocycles. The number of aryl methyl sites for hydroxylation is 1. The number of nitrogens with zero attached hydrogens (tertiary/aromatic N) is 2. The van der Waals surface area contributed by atoms with E-state index in [9.17, 15) is 4.79 Å². The average Bonchev–Trinajstić information content (AvgIpc) is 3.25. The summed E-state index contributed by atoms with van der Waals surface area (Å²) in [4.78, 5) is 19.8. The van der Waals surface area contributed by atoms with E-state index in [1.54, 1.807) is 21.3 Å². The molecule has 37 heavy (non-hydrogen) atoms. The molecule has 4 aromatic rings. The molecular weight excluding hydrogens is 484 g/mol. The minimum atomic E-state index is -0.301. The van der Waals surface area contributed by atoms with Crippen molar-refractivity contribution in [3.63, 3.8) is 0 Å². The van der Waals surface area contributed by atoms with Gasteiger partial charge < -0.3 is 14.2 Å². The Bertz CT molecular complexity index is 1730. The van der Waals surface area contributed by atoms with E-state index in [4.69, 9.17) is 19.2 Å². The zero-order chi connectivity index (χ0) is 25.5. The quantitative estimate of drug-likeness (QED) is 0.401. The van der Waals surface area contributed by atoms with Crippen molar-refractivity contribution >= 4 is 23.1 Å². The second kappa shape index (κ2) is 9.41. The van der Waals surface area contributed by atoms with E-state index in [1.807, 2.05) is 59.2 Å². The topological polar surface area (TPSA) is 62.0 Å². The van der Waals surface area contributed by atoms with Gasteiger partial charge in [0.1, 0.15) is 17.2 Å². The Labute approximate surface area is 218 Å². The highest BCUT2D eigenvalue weighted by atomic mass is 32.1. The minimum Gasteiger partial charge on any atom is -0.497 e. The van der Waals surface area contributed by atoms with Gasteiger partial charge in [-0.25, -0.2) is 4.99 Å². The number of hydrogen-bond donors (Lipinski definition) is 0. The first-order valence-corrected chi connectivity index (χ1v) is 12.9. The smallest absolute Gasteiger partial charge is 0.271 e. The molecule has 0 saturated heterocycles. The summed E-state index contributed by atoms with van der Waals surface area (Å²) in [5, 5.41) is 0. The average molecular weight is 511 g/mol. The molecule has 6 rings (SSSR count). The number of benzene rings is 3. The Morgan fingerprint density at radius 3 is 2.51 bits per heavy atom. The summed E-state index contributed by atoms with van der Waals surface area (Å²) in [5.41, 5.74) is 6.16. The van der Waals surface area contributed by atoms with Crippen LogP contribution in [0.25, 0.3) is 11.8 Å². The van der Waals surface area contributed by atoms with Crippen molar-refractivity contribution in [1.29, 1.82) is 0 Å². The first kappa shape index (κ1) is 23.3. The molecule has 0 N–H and O–H groups in total. The van der Waals surface area contributed by atoms with Crippen molar-refractivity contribution in [2.24, 2.45) is 4.99 Å². The summed E-state index contributed by atoms with van der Waals surface area (Å²) >= 11 is 1.39. The highest BCUT2D eigenvalue weighted by molar-refractivity contribution is 7.07. The molecular formula is C30H26N2O4S. The van der Waals surface area contributed by atoms with E-state index < -0.39 is 0 Å².